The number of nitrogens with zero attached hydrogens (tertiary/aromatic N) is 1. The number of aromatic nitrogens is 1. The number of amides is 1. The molecule has 1 aromatic heterocycles. The van der Waals surface area contributed by atoms with E-state index in [0.717, 1.165) is 10.2 Å². The first-order chi connectivity index (χ1) is 11.4. The van der Waals surface area contributed by atoms with Crippen molar-refractivity contribution in [2.24, 2.45) is 0 Å². The van der Waals surface area contributed by atoms with E-state index in [2.05, 4.69) is 15.6 Å². The molecule has 0 fully saturated rings. The van der Waals surface area contributed by atoms with Crippen LogP contribution in [0.1, 0.15) is 10.4 Å². The number of anilines is 1. The fraction of sp³-hybridized carbons (Fsp3) is 0. The van der Waals surface area contributed by atoms with E-state index in [9.17, 15) is 4.79 Å². The Kier molecular flexibility index (Phi) is 5.22. The van der Waals surface area contributed by atoms with Crippen LogP contribution in [0.15, 0.2) is 36.4 Å². The van der Waals surface area contributed by atoms with Crippen molar-refractivity contribution in [3.8, 4) is 0 Å². The normalized spacial score (nSPS) is 10.6. The van der Waals surface area contributed by atoms with Gasteiger partial charge in [0, 0.05) is 10.0 Å². The minimum absolute atomic E-state index is 0.112. The zero-order chi connectivity index (χ0) is 17.3. The standard InChI is InChI=1S/C15H8Cl3N3OS2/c16-7-1-3-10(18)9(5-7)13(22)20-14(23)21-15-19-11-4-2-8(17)6-12(11)24-15/h1-6H,(H2,19,20,21,22,23). The van der Waals surface area contributed by atoms with Crippen LogP contribution >= 0.6 is 58.4 Å². The second-order valence-corrected chi connectivity index (χ2v) is 7.38. The Morgan fingerprint density at radius 1 is 1.08 bits per heavy atom. The number of fused-ring (bicyclic) bond motifs is 1. The maximum absolute atomic E-state index is 12.2. The molecule has 0 saturated carbocycles. The Morgan fingerprint density at radius 3 is 2.58 bits per heavy atom. The first-order valence-corrected chi connectivity index (χ1v) is 8.92. The summed E-state index contributed by atoms with van der Waals surface area (Å²) in [5, 5.41) is 7.41. The monoisotopic (exact) mass is 415 g/mol. The number of thiocarbonyl (C=S) groups is 1. The SMILES string of the molecule is O=C(NC(=S)Nc1nc2ccc(Cl)cc2s1)c1cc(Cl)ccc1Cl. The third-order valence-electron chi connectivity index (χ3n) is 2.97. The van der Waals surface area contributed by atoms with E-state index < -0.39 is 5.91 Å². The highest BCUT2D eigenvalue weighted by Crippen LogP contribution is 2.28. The van der Waals surface area contributed by atoms with Gasteiger partial charge in [-0.05, 0) is 48.6 Å². The molecule has 0 aliphatic carbocycles. The van der Waals surface area contributed by atoms with Crippen molar-refractivity contribution in [2.45, 2.75) is 0 Å². The highest BCUT2D eigenvalue weighted by atomic mass is 35.5. The lowest BCUT2D eigenvalue weighted by Crippen LogP contribution is -2.34. The molecule has 122 valence electrons. The quantitative estimate of drug-likeness (QED) is 0.550. The molecule has 3 rings (SSSR count). The molecule has 0 radical (unpaired) electrons. The lowest BCUT2D eigenvalue weighted by molar-refractivity contribution is 0.0978. The summed E-state index contributed by atoms with van der Waals surface area (Å²) < 4.78 is 0.914. The highest BCUT2D eigenvalue weighted by molar-refractivity contribution is 7.80. The molecule has 0 atom stereocenters. The minimum Gasteiger partial charge on any atom is -0.308 e. The Morgan fingerprint density at radius 2 is 1.79 bits per heavy atom. The zero-order valence-electron chi connectivity index (χ0n) is 11.8. The number of hydrogen-bond acceptors (Lipinski definition) is 4. The van der Waals surface area contributed by atoms with Crippen LogP contribution in [0, 0.1) is 0 Å². The summed E-state index contributed by atoms with van der Waals surface area (Å²) in [5.74, 6) is -0.454. The average Bonchev–Trinajstić information content (AvgIpc) is 2.90. The number of carbonyl (C=O) groups is 1. The van der Waals surface area contributed by atoms with Crippen molar-refractivity contribution in [3.63, 3.8) is 0 Å². The molecule has 0 aliphatic rings. The van der Waals surface area contributed by atoms with Crippen LogP contribution in [0.5, 0.6) is 0 Å². The van der Waals surface area contributed by atoms with E-state index >= 15 is 0 Å². The summed E-state index contributed by atoms with van der Waals surface area (Å²) in [6, 6.07) is 10.0. The summed E-state index contributed by atoms with van der Waals surface area (Å²) in [6.07, 6.45) is 0. The summed E-state index contributed by atoms with van der Waals surface area (Å²) in [5.41, 5.74) is 1.03. The van der Waals surface area contributed by atoms with Gasteiger partial charge in [-0.25, -0.2) is 4.98 Å². The van der Waals surface area contributed by atoms with Gasteiger partial charge in [-0.1, -0.05) is 46.1 Å². The van der Waals surface area contributed by atoms with E-state index in [1.54, 1.807) is 18.2 Å². The number of benzene rings is 2. The molecule has 0 unspecified atom stereocenters. The third kappa shape index (κ3) is 3.96. The highest BCUT2D eigenvalue weighted by Gasteiger charge is 2.13. The van der Waals surface area contributed by atoms with E-state index in [-0.39, 0.29) is 15.7 Å². The minimum atomic E-state index is -0.454. The van der Waals surface area contributed by atoms with Crippen LogP contribution < -0.4 is 10.6 Å². The lowest BCUT2D eigenvalue weighted by atomic mass is 10.2. The van der Waals surface area contributed by atoms with Gasteiger partial charge in [-0.2, -0.15) is 0 Å². The van der Waals surface area contributed by atoms with Crippen molar-refractivity contribution in [3.05, 3.63) is 57.0 Å². The van der Waals surface area contributed by atoms with Gasteiger partial charge in [0.15, 0.2) is 10.2 Å². The average molecular weight is 417 g/mol. The molecule has 0 bridgehead atoms. The van der Waals surface area contributed by atoms with Crippen LogP contribution in [0.4, 0.5) is 5.13 Å². The summed E-state index contributed by atoms with van der Waals surface area (Å²) >= 11 is 24.3. The first-order valence-electron chi connectivity index (χ1n) is 6.56. The predicted molar refractivity (Wildman–Crippen MR) is 105 cm³/mol. The molecule has 3 aromatic rings. The molecule has 4 nitrogen and oxygen atoms in total. The van der Waals surface area contributed by atoms with Crippen LogP contribution in [0.2, 0.25) is 15.1 Å². The molecule has 9 heteroatoms. The predicted octanol–water partition coefficient (Wildman–Crippen LogP) is 5.38. The fourth-order valence-electron chi connectivity index (χ4n) is 1.92. The van der Waals surface area contributed by atoms with E-state index in [1.165, 1.54) is 17.4 Å². The van der Waals surface area contributed by atoms with Crippen LogP contribution in [0.25, 0.3) is 10.2 Å². The molecule has 2 aromatic carbocycles. The van der Waals surface area contributed by atoms with Gasteiger partial charge in [0.05, 0.1) is 20.8 Å². The number of hydrogen-bond donors (Lipinski definition) is 2. The molecule has 0 spiro atoms. The number of carbonyl (C=O) groups excluding carboxylic acids is 1. The van der Waals surface area contributed by atoms with Crippen LogP contribution in [-0.2, 0) is 0 Å². The molecule has 1 amide bonds. The number of rotatable bonds is 2. The maximum Gasteiger partial charge on any atom is 0.258 e. The van der Waals surface area contributed by atoms with E-state index in [0.29, 0.717) is 15.2 Å². The van der Waals surface area contributed by atoms with Gasteiger partial charge in [-0.15, -0.1) is 0 Å². The Hall–Kier alpha value is -1.44. The van der Waals surface area contributed by atoms with Crippen molar-refractivity contribution in [1.82, 2.24) is 10.3 Å². The summed E-state index contributed by atoms with van der Waals surface area (Å²) in [6.45, 7) is 0. The zero-order valence-corrected chi connectivity index (χ0v) is 15.7. The first kappa shape index (κ1) is 17.4. The maximum atomic E-state index is 12.2. The van der Waals surface area contributed by atoms with Gasteiger partial charge in [0.2, 0.25) is 0 Å². The molecule has 0 aliphatic heterocycles. The third-order valence-corrected chi connectivity index (χ3v) is 4.91. The Labute approximate surface area is 161 Å². The molecule has 24 heavy (non-hydrogen) atoms. The number of thiazole rings is 1. The Balaban J connectivity index is 1.72. The fourth-order valence-corrected chi connectivity index (χ4v) is 3.70. The molecular weight excluding hydrogens is 409 g/mol. The molecule has 1 heterocycles. The summed E-state index contributed by atoms with van der Waals surface area (Å²) in [7, 11) is 0. The largest absolute Gasteiger partial charge is 0.308 e. The van der Waals surface area contributed by atoms with Crippen molar-refractivity contribution in [1.29, 1.82) is 0 Å². The Bertz CT molecular complexity index is 958. The summed E-state index contributed by atoms with van der Waals surface area (Å²) in [4.78, 5) is 16.6. The second-order valence-electron chi connectivity index (χ2n) is 4.66. The van der Waals surface area contributed by atoms with Gasteiger partial charge in [0.25, 0.3) is 5.91 Å². The van der Waals surface area contributed by atoms with Crippen LogP contribution in [-0.4, -0.2) is 16.0 Å². The lowest BCUT2D eigenvalue weighted by Gasteiger charge is -2.08. The second kappa shape index (κ2) is 7.21. The molecular formula is C15H8Cl3N3OS2. The van der Waals surface area contributed by atoms with Gasteiger partial charge >= 0.3 is 0 Å². The molecule has 0 saturated heterocycles. The number of nitrogens with one attached hydrogen (secondary N) is 2. The molecule has 2 N–H and O–H groups in total. The van der Waals surface area contributed by atoms with Gasteiger partial charge in [-0.3, -0.25) is 10.1 Å². The van der Waals surface area contributed by atoms with Gasteiger partial charge in [0.1, 0.15) is 0 Å². The van der Waals surface area contributed by atoms with E-state index in [4.69, 9.17) is 47.0 Å². The van der Waals surface area contributed by atoms with Crippen molar-refractivity contribution < 1.29 is 4.79 Å². The van der Waals surface area contributed by atoms with Crippen molar-refractivity contribution in [2.75, 3.05) is 5.32 Å². The number of halogens is 3. The van der Waals surface area contributed by atoms with Crippen LogP contribution in [0.3, 0.4) is 0 Å². The topological polar surface area (TPSA) is 54.0 Å². The van der Waals surface area contributed by atoms with E-state index in [1.807, 2.05) is 12.1 Å². The smallest absolute Gasteiger partial charge is 0.258 e. The van der Waals surface area contributed by atoms with Crippen molar-refractivity contribution >= 4 is 84.7 Å². The van der Waals surface area contributed by atoms with Gasteiger partial charge < -0.3 is 5.32 Å².